The van der Waals surface area contributed by atoms with E-state index in [1.54, 1.807) is 7.11 Å². The number of rotatable bonds is 4. The molecule has 4 nitrogen and oxygen atoms in total. The van der Waals surface area contributed by atoms with E-state index in [0.717, 1.165) is 29.8 Å². The van der Waals surface area contributed by atoms with Gasteiger partial charge in [-0.05, 0) is 36.6 Å². The predicted molar refractivity (Wildman–Crippen MR) is 70.0 cm³/mol. The molecule has 2 rings (SSSR count). The monoisotopic (exact) mass is 256 g/mol. The van der Waals surface area contributed by atoms with Crippen molar-refractivity contribution in [2.24, 2.45) is 5.73 Å². The number of aryl methyl sites for hydroxylation is 1. The quantitative estimate of drug-likeness (QED) is 0.858. The number of nitrogens with one attached hydrogen (secondary N) is 1. The van der Waals surface area contributed by atoms with Crippen molar-refractivity contribution in [3.8, 4) is 5.75 Å². The van der Waals surface area contributed by atoms with E-state index in [1.807, 2.05) is 12.1 Å². The maximum Gasteiger partial charge on any atom is 0.228 e. The number of hydrogen-bond acceptors (Lipinski definition) is 3. The van der Waals surface area contributed by atoms with Gasteiger partial charge in [-0.15, -0.1) is 12.4 Å². The largest absolute Gasteiger partial charge is 0.495 e. The first kappa shape index (κ1) is 13.8. The number of fused-ring (bicyclic) bond motifs is 1. The third-order valence-corrected chi connectivity index (χ3v) is 2.84. The molecule has 0 saturated heterocycles. The van der Waals surface area contributed by atoms with Crippen LogP contribution in [0.2, 0.25) is 0 Å². The van der Waals surface area contributed by atoms with Gasteiger partial charge in [0, 0.05) is 0 Å². The summed E-state index contributed by atoms with van der Waals surface area (Å²) in [5.74, 6) is 0.769. The number of amides is 1. The van der Waals surface area contributed by atoms with Gasteiger partial charge in [-0.1, -0.05) is 6.07 Å². The van der Waals surface area contributed by atoms with Crippen molar-refractivity contribution in [1.29, 1.82) is 0 Å². The molecule has 0 saturated carbocycles. The number of carbonyl (C=O) groups is 1. The Balaban J connectivity index is 0.00000144. The summed E-state index contributed by atoms with van der Waals surface area (Å²) in [5, 5.41) is 2.84. The van der Waals surface area contributed by atoms with E-state index in [9.17, 15) is 4.79 Å². The van der Waals surface area contributed by atoms with Gasteiger partial charge in [-0.3, -0.25) is 4.79 Å². The average molecular weight is 257 g/mol. The van der Waals surface area contributed by atoms with Crippen LogP contribution in [0.1, 0.15) is 17.5 Å². The molecule has 0 atom stereocenters. The third kappa shape index (κ3) is 2.70. The summed E-state index contributed by atoms with van der Waals surface area (Å²) in [6.45, 7) is 0.669. The van der Waals surface area contributed by atoms with Crippen molar-refractivity contribution in [1.82, 2.24) is 0 Å². The van der Waals surface area contributed by atoms with Gasteiger partial charge in [0.25, 0.3) is 0 Å². The van der Waals surface area contributed by atoms with Crippen LogP contribution >= 0.6 is 12.4 Å². The molecule has 1 heterocycles. The van der Waals surface area contributed by atoms with E-state index >= 15 is 0 Å². The Labute approximate surface area is 107 Å². The lowest BCUT2D eigenvalue weighted by Crippen LogP contribution is -2.04. The first-order chi connectivity index (χ1) is 7.76. The van der Waals surface area contributed by atoms with Crippen LogP contribution in [0.3, 0.4) is 0 Å². The third-order valence-electron chi connectivity index (χ3n) is 2.84. The highest BCUT2D eigenvalue weighted by Crippen LogP contribution is 2.35. The zero-order valence-electron chi connectivity index (χ0n) is 9.79. The Hall–Kier alpha value is -1.26. The molecule has 0 spiro atoms. The molecular weight excluding hydrogens is 240 g/mol. The second kappa shape index (κ2) is 5.89. The molecule has 0 aromatic heterocycles. The molecule has 1 amide bonds. The maximum atomic E-state index is 11.4. The molecule has 17 heavy (non-hydrogen) atoms. The van der Waals surface area contributed by atoms with Crippen molar-refractivity contribution in [2.75, 3.05) is 19.0 Å². The molecule has 1 aliphatic heterocycles. The number of carbonyl (C=O) groups excluding carboxylic acids is 1. The van der Waals surface area contributed by atoms with Crippen LogP contribution in [0.25, 0.3) is 0 Å². The fraction of sp³-hybridized carbons (Fsp3) is 0.417. The van der Waals surface area contributed by atoms with Crippen LogP contribution in [0.15, 0.2) is 12.1 Å². The summed E-state index contributed by atoms with van der Waals surface area (Å²) in [6, 6.07) is 3.92. The lowest BCUT2D eigenvalue weighted by atomic mass is 10.00. The van der Waals surface area contributed by atoms with Gasteiger partial charge in [0.1, 0.15) is 5.75 Å². The van der Waals surface area contributed by atoms with Crippen molar-refractivity contribution >= 4 is 24.0 Å². The number of methoxy groups -OCH3 is 1. The highest BCUT2D eigenvalue weighted by molar-refractivity contribution is 6.01. The molecule has 0 radical (unpaired) electrons. The summed E-state index contributed by atoms with van der Waals surface area (Å²) >= 11 is 0. The normalized spacial score (nSPS) is 12.7. The minimum absolute atomic E-state index is 0. The van der Waals surface area contributed by atoms with Crippen LogP contribution in [0.5, 0.6) is 5.75 Å². The molecular formula is C12H17ClN2O2. The van der Waals surface area contributed by atoms with Gasteiger partial charge in [-0.25, -0.2) is 0 Å². The summed E-state index contributed by atoms with van der Waals surface area (Å²) in [7, 11) is 1.61. The van der Waals surface area contributed by atoms with E-state index in [-0.39, 0.29) is 18.3 Å². The van der Waals surface area contributed by atoms with Gasteiger partial charge in [0.15, 0.2) is 0 Å². The van der Waals surface area contributed by atoms with Crippen molar-refractivity contribution < 1.29 is 9.53 Å². The van der Waals surface area contributed by atoms with Crippen LogP contribution < -0.4 is 15.8 Å². The molecule has 1 aliphatic rings. The average Bonchev–Trinajstić information content (AvgIpc) is 2.67. The molecule has 94 valence electrons. The van der Waals surface area contributed by atoms with Gasteiger partial charge in [0.05, 0.1) is 19.2 Å². The number of ether oxygens (including phenoxy) is 1. The Morgan fingerprint density at radius 1 is 1.47 bits per heavy atom. The molecule has 0 aliphatic carbocycles. The first-order valence-corrected chi connectivity index (χ1v) is 5.45. The maximum absolute atomic E-state index is 11.4. The van der Waals surface area contributed by atoms with E-state index in [4.69, 9.17) is 10.5 Å². The summed E-state index contributed by atoms with van der Waals surface area (Å²) in [6.07, 6.45) is 2.30. The van der Waals surface area contributed by atoms with Crippen molar-refractivity contribution in [3.63, 3.8) is 0 Å². The number of anilines is 1. The molecule has 3 N–H and O–H groups in total. The summed E-state index contributed by atoms with van der Waals surface area (Å²) in [5.41, 5.74) is 8.59. The number of hydrogen-bond donors (Lipinski definition) is 2. The standard InChI is InChI=1S/C12H16N2O2.ClH/c1-16-10-5-4-8(3-2-6-13)9-7-11(15)14-12(9)10;/h4-5H,2-3,6-7,13H2,1H3,(H,14,15);1H. The second-order valence-corrected chi connectivity index (χ2v) is 3.90. The highest BCUT2D eigenvalue weighted by Gasteiger charge is 2.23. The Morgan fingerprint density at radius 3 is 2.88 bits per heavy atom. The predicted octanol–water partition coefficient (Wildman–Crippen LogP) is 1.50. The minimum Gasteiger partial charge on any atom is -0.495 e. The SMILES string of the molecule is COc1ccc(CCCN)c2c1NC(=O)C2.Cl. The molecule has 0 fully saturated rings. The second-order valence-electron chi connectivity index (χ2n) is 3.90. The summed E-state index contributed by atoms with van der Waals surface area (Å²) < 4.78 is 5.23. The summed E-state index contributed by atoms with van der Waals surface area (Å²) in [4.78, 5) is 11.4. The number of nitrogens with two attached hydrogens (primary N) is 1. The van der Waals surface area contributed by atoms with Gasteiger partial charge in [-0.2, -0.15) is 0 Å². The molecule has 1 aromatic carbocycles. The van der Waals surface area contributed by atoms with Crippen LogP contribution in [-0.4, -0.2) is 19.6 Å². The number of benzene rings is 1. The van der Waals surface area contributed by atoms with Crippen LogP contribution in [0, 0.1) is 0 Å². The van der Waals surface area contributed by atoms with E-state index in [2.05, 4.69) is 5.32 Å². The molecule has 1 aromatic rings. The zero-order chi connectivity index (χ0) is 11.5. The fourth-order valence-corrected chi connectivity index (χ4v) is 2.05. The minimum atomic E-state index is 0. The van der Waals surface area contributed by atoms with Crippen molar-refractivity contribution in [2.45, 2.75) is 19.3 Å². The van der Waals surface area contributed by atoms with Crippen LogP contribution in [-0.2, 0) is 17.6 Å². The van der Waals surface area contributed by atoms with Gasteiger partial charge >= 0.3 is 0 Å². The highest BCUT2D eigenvalue weighted by atomic mass is 35.5. The first-order valence-electron chi connectivity index (χ1n) is 5.45. The van der Waals surface area contributed by atoms with E-state index < -0.39 is 0 Å². The van der Waals surface area contributed by atoms with Crippen LogP contribution in [0.4, 0.5) is 5.69 Å². The molecule has 0 bridgehead atoms. The van der Waals surface area contributed by atoms with Gasteiger partial charge < -0.3 is 15.8 Å². The Kier molecular flexibility index (Phi) is 4.78. The fourth-order valence-electron chi connectivity index (χ4n) is 2.05. The smallest absolute Gasteiger partial charge is 0.228 e. The van der Waals surface area contributed by atoms with Gasteiger partial charge in [0.2, 0.25) is 5.91 Å². The Morgan fingerprint density at radius 2 is 2.24 bits per heavy atom. The van der Waals surface area contributed by atoms with E-state index in [0.29, 0.717) is 13.0 Å². The Bertz CT molecular complexity index is 421. The van der Waals surface area contributed by atoms with Crippen molar-refractivity contribution in [3.05, 3.63) is 23.3 Å². The lowest BCUT2D eigenvalue weighted by molar-refractivity contribution is -0.115. The molecule has 0 unspecified atom stereocenters. The topological polar surface area (TPSA) is 64.3 Å². The number of halogens is 1. The lowest BCUT2D eigenvalue weighted by Gasteiger charge is -2.10. The zero-order valence-corrected chi connectivity index (χ0v) is 10.6. The molecule has 5 heteroatoms. The van der Waals surface area contributed by atoms with E-state index in [1.165, 1.54) is 5.56 Å².